The Morgan fingerprint density at radius 2 is 2.00 bits per heavy atom. The molecule has 1 fully saturated rings. The van der Waals surface area contributed by atoms with Crippen molar-refractivity contribution in [2.75, 3.05) is 0 Å². The van der Waals surface area contributed by atoms with E-state index < -0.39 is 0 Å². The molecule has 1 nitrogen and oxygen atoms in total. The fraction of sp³-hybridized carbons (Fsp3) is 0.800. The molecule has 2 unspecified atom stereocenters. The largest absolute Gasteiger partial charge is 0.392 e. The van der Waals surface area contributed by atoms with Crippen LogP contribution >= 0.6 is 0 Å². The smallest absolute Gasteiger partial charge is 0.0617 e. The Morgan fingerprint density at radius 1 is 1.36 bits per heavy atom. The molecule has 1 N–H and O–H groups in total. The standard InChI is InChI=1S/C10H16O/c1-6-4-8-9(11)5-7(6)10(8,2)3/h8-9,11H,4-5H2,1-3H3. The van der Waals surface area contributed by atoms with Crippen LogP contribution in [0.1, 0.15) is 33.6 Å². The Balaban J connectivity index is 2.44. The quantitative estimate of drug-likeness (QED) is 0.527. The summed E-state index contributed by atoms with van der Waals surface area (Å²) in [4.78, 5) is 0. The third kappa shape index (κ3) is 0.750. The van der Waals surface area contributed by atoms with Crippen molar-refractivity contribution in [1.29, 1.82) is 0 Å². The van der Waals surface area contributed by atoms with Crippen LogP contribution in [0.5, 0.6) is 0 Å². The van der Waals surface area contributed by atoms with Gasteiger partial charge in [-0.1, -0.05) is 25.0 Å². The highest BCUT2D eigenvalue weighted by atomic mass is 16.3. The zero-order chi connectivity index (χ0) is 8.22. The van der Waals surface area contributed by atoms with Gasteiger partial charge in [0, 0.05) is 0 Å². The highest BCUT2D eigenvalue weighted by Crippen LogP contribution is 2.56. The number of aliphatic hydroxyl groups excluding tert-OH is 1. The van der Waals surface area contributed by atoms with Gasteiger partial charge in [-0.3, -0.25) is 0 Å². The van der Waals surface area contributed by atoms with Crippen molar-refractivity contribution in [2.45, 2.75) is 39.7 Å². The Kier molecular flexibility index (Phi) is 1.26. The van der Waals surface area contributed by atoms with Gasteiger partial charge in [0.05, 0.1) is 6.10 Å². The second kappa shape index (κ2) is 1.89. The van der Waals surface area contributed by atoms with Crippen molar-refractivity contribution in [3.8, 4) is 0 Å². The van der Waals surface area contributed by atoms with E-state index in [1.165, 1.54) is 11.1 Å². The van der Waals surface area contributed by atoms with Crippen molar-refractivity contribution in [2.24, 2.45) is 11.3 Å². The molecule has 1 heteroatoms. The van der Waals surface area contributed by atoms with Gasteiger partial charge in [0.2, 0.25) is 0 Å². The van der Waals surface area contributed by atoms with Gasteiger partial charge in [-0.05, 0) is 31.1 Å². The van der Waals surface area contributed by atoms with Crippen LogP contribution in [0.2, 0.25) is 0 Å². The van der Waals surface area contributed by atoms with Gasteiger partial charge in [0.25, 0.3) is 0 Å². The molecule has 0 aliphatic heterocycles. The lowest BCUT2D eigenvalue weighted by Crippen LogP contribution is -2.22. The molecular formula is C10H16O. The van der Waals surface area contributed by atoms with E-state index in [9.17, 15) is 5.11 Å². The summed E-state index contributed by atoms with van der Waals surface area (Å²) in [6.07, 6.45) is 2.01. The van der Waals surface area contributed by atoms with Crippen molar-refractivity contribution in [3.63, 3.8) is 0 Å². The fourth-order valence-corrected chi connectivity index (χ4v) is 2.89. The zero-order valence-electron chi connectivity index (χ0n) is 7.52. The van der Waals surface area contributed by atoms with E-state index in [0.717, 1.165) is 12.8 Å². The lowest BCUT2D eigenvalue weighted by molar-refractivity contribution is 0.0981. The average Bonchev–Trinajstić information content (AvgIpc) is 2.21. The molecule has 2 atom stereocenters. The average molecular weight is 152 g/mol. The predicted octanol–water partition coefficient (Wildman–Crippen LogP) is 2.11. The molecule has 0 saturated heterocycles. The molecule has 0 amide bonds. The van der Waals surface area contributed by atoms with Crippen LogP contribution in [0.3, 0.4) is 0 Å². The van der Waals surface area contributed by atoms with Gasteiger partial charge < -0.3 is 5.11 Å². The van der Waals surface area contributed by atoms with E-state index in [-0.39, 0.29) is 6.10 Å². The summed E-state index contributed by atoms with van der Waals surface area (Å²) in [5.74, 6) is 0.512. The van der Waals surface area contributed by atoms with Gasteiger partial charge in [-0.25, -0.2) is 0 Å². The van der Waals surface area contributed by atoms with E-state index in [1.807, 2.05) is 0 Å². The molecule has 2 aliphatic rings. The summed E-state index contributed by atoms with van der Waals surface area (Å²) < 4.78 is 0. The third-order valence-corrected chi connectivity index (χ3v) is 3.62. The summed E-state index contributed by atoms with van der Waals surface area (Å²) in [6.45, 7) is 6.74. The minimum absolute atomic E-state index is 0.0521. The maximum Gasteiger partial charge on any atom is 0.0617 e. The first kappa shape index (κ1) is 7.35. The van der Waals surface area contributed by atoms with Crippen molar-refractivity contribution in [3.05, 3.63) is 11.1 Å². The Morgan fingerprint density at radius 3 is 2.27 bits per heavy atom. The van der Waals surface area contributed by atoms with Crippen molar-refractivity contribution in [1.82, 2.24) is 0 Å². The number of rotatable bonds is 0. The Bertz CT molecular complexity index is 225. The monoisotopic (exact) mass is 152 g/mol. The molecule has 2 aliphatic carbocycles. The Hall–Kier alpha value is -0.300. The summed E-state index contributed by atoms with van der Waals surface area (Å²) in [7, 11) is 0. The highest BCUT2D eigenvalue weighted by molar-refractivity contribution is 5.34. The van der Waals surface area contributed by atoms with Crippen LogP contribution in [0.25, 0.3) is 0 Å². The molecule has 0 aromatic rings. The van der Waals surface area contributed by atoms with Crippen LogP contribution in [0.15, 0.2) is 11.1 Å². The van der Waals surface area contributed by atoms with E-state index in [4.69, 9.17) is 0 Å². The first-order chi connectivity index (χ1) is 5.03. The molecule has 62 valence electrons. The molecule has 11 heavy (non-hydrogen) atoms. The molecule has 0 spiro atoms. The maximum absolute atomic E-state index is 9.64. The summed E-state index contributed by atoms with van der Waals surface area (Å²) in [5, 5.41) is 9.64. The summed E-state index contributed by atoms with van der Waals surface area (Å²) >= 11 is 0. The second-order valence-electron chi connectivity index (χ2n) is 4.56. The SMILES string of the molecule is CC1=C2CC(O)C(C1)C2(C)C. The lowest BCUT2D eigenvalue weighted by atomic mass is 9.83. The Labute approximate surface area is 68.1 Å². The number of fused-ring (bicyclic) bond motifs is 2. The first-order valence-corrected chi connectivity index (χ1v) is 4.40. The van der Waals surface area contributed by atoms with Crippen LogP contribution in [-0.4, -0.2) is 11.2 Å². The van der Waals surface area contributed by atoms with Gasteiger partial charge in [-0.2, -0.15) is 0 Å². The number of hydrogen-bond donors (Lipinski definition) is 1. The third-order valence-electron chi connectivity index (χ3n) is 3.62. The van der Waals surface area contributed by atoms with Gasteiger partial charge in [-0.15, -0.1) is 0 Å². The zero-order valence-corrected chi connectivity index (χ0v) is 7.52. The van der Waals surface area contributed by atoms with E-state index in [0.29, 0.717) is 11.3 Å². The van der Waals surface area contributed by atoms with Crippen LogP contribution in [-0.2, 0) is 0 Å². The van der Waals surface area contributed by atoms with Crippen LogP contribution < -0.4 is 0 Å². The lowest BCUT2D eigenvalue weighted by Gasteiger charge is -2.23. The van der Waals surface area contributed by atoms with E-state index in [1.54, 1.807) is 0 Å². The maximum atomic E-state index is 9.64. The molecule has 2 bridgehead atoms. The predicted molar refractivity (Wildman–Crippen MR) is 45.2 cm³/mol. The molecule has 0 heterocycles. The molecule has 0 radical (unpaired) electrons. The normalized spacial score (nSPS) is 40.4. The minimum Gasteiger partial charge on any atom is -0.392 e. The van der Waals surface area contributed by atoms with Crippen LogP contribution in [0.4, 0.5) is 0 Å². The molecule has 0 aromatic heterocycles. The topological polar surface area (TPSA) is 20.2 Å². The van der Waals surface area contributed by atoms with Crippen molar-refractivity contribution < 1.29 is 5.11 Å². The summed E-state index contributed by atoms with van der Waals surface area (Å²) in [6, 6.07) is 0. The number of aliphatic hydroxyl groups is 1. The van der Waals surface area contributed by atoms with Gasteiger partial charge >= 0.3 is 0 Å². The van der Waals surface area contributed by atoms with Crippen molar-refractivity contribution >= 4 is 0 Å². The van der Waals surface area contributed by atoms with Gasteiger partial charge in [0.1, 0.15) is 0 Å². The molecule has 2 rings (SSSR count). The van der Waals surface area contributed by atoms with E-state index in [2.05, 4.69) is 20.8 Å². The first-order valence-electron chi connectivity index (χ1n) is 4.40. The highest BCUT2D eigenvalue weighted by Gasteiger charge is 2.49. The van der Waals surface area contributed by atoms with Crippen LogP contribution in [0, 0.1) is 11.3 Å². The number of hydrogen-bond acceptors (Lipinski definition) is 1. The minimum atomic E-state index is -0.0521. The number of allylic oxidation sites excluding steroid dienone is 1. The molecule has 1 saturated carbocycles. The summed E-state index contributed by atoms with van der Waals surface area (Å²) in [5.41, 5.74) is 3.35. The van der Waals surface area contributed by atoms with E-state index >= 15 is 0 Å². The molecular weight excluding hydrogens is 136 g/mol. The van der Waals surface area contributed by atoms with Gasteiger partial charge in [0.15, 0.2) is 0 Å². The molecule has 0 aromatic carbocycles. The second-order valence-corrected chi connectivity index (χ2v) is 4.56. The fourth-order valence-electron chi connectivity index (χ4n) is 2.89.